The van der Waals surface area contributed by atoms with Gasteiger partial charge in [0, 0.05) is 6.54 Å². The molecular weight excluding hydrogens is 172 g/mol. The predicted octanol–water partition coefficient (Wildman–Crippen LogP) is 0.0226. The molecule has 0 aliphatic carbocycles. The molecule has 0 spiro atoms. The van der Waals surface area contributed by atoms with Gasteiger partial charge in [-0.05, 0) is 25.9 Å². The minimum Gasteiger partial charge on any atom is -0.465 e. The van der Waals surface area contributed by atoms with Crippen molar-refractivity contribution in [3.8, 4) is 0 Å². The Morgan fingerprint density at radius 3 is 2.85 bits per heavy atom. The molecule has 0 radical (unpaired) electrons. The maximum absolute atomic E-state index is 10.1. The molecule has 0 aromatic heterocycles. The molecule has 0 atom stereocenters. The molecule has 1 amide bonds. The van der Waals surface area contributed by atoms with Crippen LogP contribution in [0.25, 0.3) is 0 Å². The van der Waals surface area contributed by atoms with Crippen LogP contribution in [0, 0.1) is 0 Å². The molecular formula is C8H16N2O3. The van der Waals surface area contributed by atoms with Crippen LogP contribution >= 0.6 is 0 Å². The molecule has 5 heteroatoms. The molecule has 13 heavy (non-hydrogen) atoms. The Hall–Kier alpha value is -0.810. The molecule has 1 aliphatic rings. The van der Waals surface area contributed by atoms with Crippen LogP contribution in [0.3, 0.4) is 0 Å². The quantitative estimate of drug-likeness (QED) is 0.544. The number of ether oxygens (including phenoxy) is 1. The SMILES string of the molecule is O=C(O)NCCOC1CCNCC1. The number of hydrogen-bond acceptors (Lipinski definition) is 3. The van der Waals surface area contributed by atoms with Gasteiger partial charge in [0.05, 0.1) is 12.7 Å². The van der Waals surface area contributed by atoms with Crippen LogP contribution in [0.2, 0.25) is 0 Å². The molecule has 1 aliphatic heterocycles. The summed E-state index contributed by atoms with van der Waals surface area (Å²) in [6, 6.07) is 0. The summed E-state index contributed by atoms with van der Waals surface area (Å²) in [4.78, 5) is 10.1. The average molecular weight is 188 g/mol. The number of amides is 1. The van der Waals surface area contributed by atoms with Crippen molar-refractivity contribution in [2.24, 2.45) is 0 Å². The van der Waals surface area contributed by atoms with Crippen molar-refractivity contribution in [2.75, 3.05) is 26.2 Å². The molecule has 1 fully saturated rings. The van der Waals surface area contributed by atoms with Gasteiger partial charge < -0.3 is 20.5 Å². The van der Waals surface area contributed by atoms with Gasteiger partial charge in [-0.2, -0.15) is 0 Å². The molecule has 1 heterocycles. The molecule has 1 rings (SSSR count). The van der Waals surface area contributed by atoms with Crippen LogP contribution in [-0.4, -0.2) is 43.5 Å². The van der Waals surface area contributed by atoms with E-state index in [1.807, 2.05) is 0 Å². The second kappa shape index (κ2) is 5.77. The monoisotopic (exact) mass is 188 g/mol. The number of carbonyl (C=O) groups is 1. The molecule has 0 bridgehead atoms. The lowest BCUT2D eigenvalue weighted by molar-refractivity contribution is 0.0349. The summed E-state index contributed by atoms with van der Waals surface area (Å²) in [5.74, 6) is 0. The van der Waals surface area contributed by atoms with E-state index in [-0.39, 0.29) is 0 Å². The molecule has 3 N–H and O–H groups in total. The number of hydrogen-bond donors (Lipinski definition) is 3. The van der Waals surface area contributed by atoms with Crippen LogP contribution < -0.4 is 10.6 Å². The zero-order chi connectivity index (χ0) is 9.52. The number of carboxylic acid groups (broad SMARTS) is 1. The molecule has 0 saturated carbocycles. The van der Waals surface area contributed by atoms with Crippen molar-refractivity contribution in [3.63, 3.8) is 0 Å². The molecule has 1 saturated heterocycles. The lowest BCUT2D eigenvalue weighted by Gasteiger charge is -2.22. The zero-order valence-corrected chi connectivity index (χ0v) is 7.58. The van der Waals surface area contributed by atoms with Gasteiger partial charge in [0.15, 0.2) is 0 Å². The van der Waals surface area contributed by atoms with E-state index in [4.69, 9.17) is 9.84 Å². The summed E-state index contributed by atoms with van der Waals surface area (Å²) < 4.78 is 5.47. The Bertz CT molecular complexity index is 157. The van der Waals surface area contributed by atoms with E-state index in [2.05, 4.69) is 10.6 Å². The molecule has 0 unspecified atom stereocenters. The fourth-order valence-electron chi connectivity index (χ4n) is 1.35. The average Bonchev–Trinajstić information content (AvgIpc) is 2.14. The van der Waals surface area contributed by atoms with Crippen molar-refractivity contribution in [3.05, 3.63) is 0 Å². The first-order valence-electron chi connectivity index (χ1n) is 4.58. The first-order valence-corrected chi connectivity index (χ1v) is 4.58. The van der Waals surface area contributed by atoms with E-state index in [1.54, 1.807) is 0 Å². The van der Waals surface area contributed by atoms with Gasteiger partial charge in [-0.1, -0.05) is 0 Å². The maximum atomic E-state index is 10.1. The highest BCUT2D eigenvalue weighted by Crippen LogP contribution is 2.05. The van der Waals surface area contributed by atoms with E-state index >= 15 is 0 Å². The Balaban J connectivity index is 1.95. The van der Waals surface area contributed by atoms with Gasteiger partial charge in [-0.3, -0.25) is 0 Å². The topological polar surface area (TPSA) is 70.6 Å². The number of rotatable bonds is 4. The molecule has 5 nitrogen and oxygen atoms in total. The van der Waals surface area contributed by atoms with E-state index < -0.39 is 6.09 Å². The highest BCUT2D eigenvalue weighted by molar-refractivity contribution is 5.64. The van der Waals surface area contributed by atoms with E-state index in [9.17, 15) is 4.79 Å². The Kier molecular flexibility index (Phi) is 4.56. The van der Waals surface area contributed by atoms with Crippen molar-refractivity contribution in [2.45, 2.75) is 18.9 Å². The van der Waals surface area contributed by atoms with Gasteiger partial charge in [0.2, 0.25) is 0 Å². The number of nitrogens with one attached hydrogen (secondary N) is 2. The van der Waals surface area contributed by atoms with E-state index in [0.717, 1.165) is 25.9 Å². The molecule has 0 aromatic carbocycles. The summed E-state index contributed by atoms with van der Waals surface area (Å²) in [6.45, 7) is 2.84. The van der Waals surface area contributed by atoms with Crippen LogP contribution in [-0.2, 0) is 4.74 Å². The zero-order valence-electron chi connectivity index (χ0n) is 7.58. The Morgan fingerprint density at radius 1 is 1.54 bits per heavy atom. The predicted molar refractivity (Wildman–Crippen MR) is 47.9 cm³/mol. The summed E-state index contributed by atoms with van der Waals surface area (Å²) >= 11 is 0. The van der Waals surface area contributed by atoms with Gasteiger partial charge in [-0.25, -0.2) is 4.79 Å². The Morgan fingerprint density at radius 2 is 2.23 bits per heavy atom. The highest BCUT2D eigenvalue weighted by atomic mass is 16.5. The molecule has 0 aromatic rings. The third-order valence-electron chi connectivity index (χ3n) is 2.02. The summed E-state index contributed by atoms with van der Waals surface area (Å²) in [5, 5.41) is 13.8. The minimum absolute atomic E-state index is 0.303. The van der Waals surface area contributed by atoms with Crippen molar-refractivity contribution >= 4 is 6.09 Å². The van der Waals surface area contributed by atoms with Crippen molar-refractivity contribution in [1.29, 1.82) is 0 Å². The van der Waals surface area contributed by atoms with Crippen molar-refractivity contribution < 1.29 is 14.6 Å². The van der Waals surface area contributed by atoms with E-state index in [1.165, 1.54) is 0 Å². The van der Waals surface area contributed by atoms with Crippen LogP contribution in [0.4, 0.5) is 4.79 Å². The molecule has 76 valence electrons. The van der Waals surface area contributed by atoms with Gasteiger partial charge in [0.25, 0.3) is 0 Å². The maximum Gasteiger partial charge on any atom is 0.404 e. The number of piperidine rings is 1. The van der Waals surface area contributed by atoms with Gasteiger partial charge in [0.1, 0.15) is 0 Å². The van der Waals surface area contributed by atoms with Gasteiger partial charge >= 0.3 is 6.09 Å². The third kappa shape index (κ3) is 4.69. The largest absolute Gasteiger partial charge is 0.465 e. The standard InChI is InChI=1S/C8H16N2O3/c11-8(12)10-5-6-13-7-1-3-9-4-2-7/h7,9-10H,1-6H2,(H,11,12). The first-order chi connectivity index (χ1) is 6.29. The lowest BCUT2D eigenvalue weighted by Crippen LogP contribution is -2.34. The fourth-order valence-corrected chi connectivity index (χ4v) is 1.35. The summed E-state index contributed by atoms with van der Waals surface area (Å²) in [5.41, 5.74) is 0. The Labute approximate surface area is 77.5 Å². The third-order valence-corrected chi connectivity index (χ3v) is 2.02. The highest BCUT2D eigenvalue weighted by Gasteiger charge is 2.12. The minimum atomic E-state index is -0.992. The second-order valence-electron chi connectivity index (χ2n) is 3.05. The smallest absolute Gasteiger partial charge is 0.404 e. The lowest BCUT2D eigenvalue weighted by atomic mass is 10.1. The first kappa shape index (κ1) is 10.3. The van der Waals surface area contributed by atoms with Crippen LogP contribution in [0.1, 0.15) is 12.8 Å². The summed E-state index contributed by atoms with van der Waals surface area (Å²) in [7, 11) is 0. The van der Waals surface area contributed by atoms with Crippen molar-refractivity contribution in [1.82, 2.24) is 10.6 Å². The van der Waals surface area contributed by atoms with Crippen LogP contribution in [0.15, 0.2) is 0 Å². The van der Waals surface area contributed by atoms with E-state index in [0.29, 0.717) is 19.3 Å². The normalized spacial score (nSPS) is 18.5. The summed E-state index contributed by atoms with van der Waals surface area (Å²) in [6.07, 6.45) is 1.35. The van der Waals surface area contributed by atoms with Crippen LogP contribution in [0.5, 0.6) is 0 Å². The fraction of sp³-hybridized carbons (Fsp3) is 0.875. The van der Waals surface area contributed by atoms with Gasteiger partial charge in [-0.15, -0.1) is 0 Å². The second-order valence-corrected chi connectivity index (χ2v) is 3.05.